The largest absolute Gasteiger partial charge is 0.486 e. The van der Waals surface area contributed by atoms with Crippen molar-refractivity contribution in [2.24, 2.45) is 0 Å². The molecule has 108 valence electrons. The van der Waals surface area contributed by atoms with Gasteiger partial charge in [-0.1, -0.05) is 6.07 Å². The van der Waals surface area contributed by atoms with Crippen molar-refractivity contribution >= 4 is 5.97 Å². The van der Waals surface area contributed by atoms with Gasteiger partial charge >= 0.3 is 5.97 Å². The molecule has 1 fully saturated rings. The topological polar surface area (TPSA) is 59.0 Å². The van der Waals surface area contributed by atoms with Crippen LogP contribution in [0.1, 0.15) is 24.8 Å². The molecule has 0 atom stereocenters. The molecule has 0 amide bonds. The third kappa shape index (κ3) is 3.22. The maximum Gasteiger partial charge on any atom is 0.304 e. The molecule has 2 aliphatic rings. The van der Waals surface area contributed by atoms with E-state index in [1.165, 1.54) is 12.8 Å². The lowest BCUT2D eigenvalue weighted by molar-refractivity contribution is -0.137. The fourth-order valence-electron chi connectivity index (χ4n) is 2.49. The van der Waals surface area contributed by atoms with Crippen molar-refractivity contribution in [1.29, 1.82) is 0 Å². The fourth-order valence-corrected chi connectivity index (χ4v) is 2.49. The molecule has 0 bridgehead atoms. The molecule has 1 aliphatic heterocycles. The van der Waals surface area contributed by atoms with E-state index in [0.29, 0.717) is 25.8 Å². The number of carbonyl (C=O) groups is 1. The Bertz CT molecular complexity index is 499. The number of benzene rings is 1. The molecule has 1 aromatic rings. The highest BCUT2D eigenvalue weighted by atomic mass is 16.6. The van der Waals surface area contributed by atoms with E-state index in [9.17, 15) is 4.79 Å². The number of hydrogen-bond acceptors (Lipinski definition) is 4. The summed E-state index contributed by atoms with van der Waals surface area (Å²) in [5.74, 6) is 0.851. The second kappa shape index (κ2) is 5.71. The standard InChI is InChI=1S/C15H19NO4/c17-15(18)5-6-16(12-2-3-12)10-11-1-4-13-14(9-11)20-8-7-19-13/h1,4,9,12H,2-3,5-8,10H2,(H,17,18). The summed E-state index contributed by atoms with van der Waals surface area (Å²) in [5.41, 5.74) is 1.14. The number of ether oxygens (including phenoxy) is 2. The molecule has 0 aromatic heterocycles. The second-order valence-electron chi connectivity index (χ2n) is 5.32. The van der Waals surface area contributed by atoms with Crippen molar-refractivity contribution < 1.29 is 19.4 Å². The van der Waals surface area contributed by atoms with Gasteiger partial charge in [-0.3, -0.25) is 9.69 Å². The Morgan fingerprint density at radius 1 is 1.25 bits per heavy atom. The van der Waals surface area contributed by atoms with Gasteiger partial charge in [0.25, 0.3) is 0 Å². The van der Waals surface area contributed by atoms with Gasteiger partial charge < -0.3 is 14.6 Å². The molecule has 1 aliphatic carbocycles. The smallest absolute Gasteiger partial charge is 0.304 e. The maximum absolute atomic E-state index is 10.7. The van der Waals surface area contributed by atoms with Crippen LogP contribution in [0.15, 0.2) is 18.2 Å². The Balaban J connectivity index is 1.66. The van der Waals surface area contributed by atoms with E-state index in [1.54, 1.807) is 0 Å². The number of fused-ring (bicyclic) bond motifs is 1. The molecule has 0 saturated heterocycles. The average Bonchev–Trinajstić information content (AvgIpc) is 3.27. The number of hydrogen-bond donors (Lipinski definition) is 1. The summed E-state index contributed by atoms with van der Waals surface area (Å²) in [4.78, 5) is 13.0. The van der Waals surface area contributed by atoms with E-state index in [2.05, 4.69) is 4.90 Å². The Labute approximate surface area is 118 Å². The summed E-state index contributed by atoms with van der Waals surface area (Å²) >= 11 is 0. The summed E-state index contributed by atoms with van der Waals surface area (Å²) in [6, 6.07) is 6.52. The van der Waals surface area contributed by atoms with E-state index in [4.69, 9.17) is 14.6 Å². The highest BCUT2D eigenvalue weighted by molar-refractivity contribution is 5.66. The zero-order chi connectivity index (χ0) is 13.9. The van der Waals surface area contributed by atoms with Crippen molar-refractivity contribution in [2.75, 3.05) is 19.8 Å². The quantitative estimate of drug-likeness (QED) is 0.860. The molecule has 0 spiro atoms. The van der Waals surface area contributed by atoms with Crippen LogP contribution in [0.2, 0.25) is 0 Å². The van der Waals surface area contributed by atoms with Gasteiger partial charge in [-0.25, -0.2) is 0 Å². The lowest BCUT2D eigenvalue weighted by atomic mass is 10.1. The first-order valence-electron chi connectivity index (χ1n) is 7.07. The summed E-state index contributed by atoms with van der Waals surface area (Å²) in [5, 5.41) is 8.83. The van der Waals surface area contributed by atoms with Crippen LogP contribution in [-0.2, 0) is 11.3 Å². The van der Waals surface area contributed by atoms with Crippen molar-refractivity contribution in [1.82, 2.24) is 4.90 Å². The van der Waals surface area contributed by atoms with Gasteiger partial charge in [-0.2, -0.15) is 0 Å². The minimum Gasteiger partial charge on any atom is -0.486 e. The summed E-state index contributed by atoms with van der Waals surface area (Å²) in [6.07, 6.45) is 2.54. The Kier molecular flexibility index (Phi) is 3.78. The minimum absolute atomic E-state index is 0.195. The van der Waals surface area contributed by atoms with Crippen LogP contribution in [0, 0.1) is 0 Å². The van der Waals surface area contributed by atoms with Crippen molar-refractivity contribution in [2.45, 2.75) is 31.8 Å². The van der Waals surface area contributed by atoms with Gasteiger partial charge in [0, 0.05) is 19.1 Å². The zero-order valence-electron chi connectivity index (χ0n) is 11.4. The zero-order valence-corrected chi connectivity index (χ0v) is 11.4. The van der Waals surface area contributed by atoms with Gasteiger partial charge in [0.15, 0.2) is 11.5 Å². The third-order valence-corrected chi connectivity index (χ3v) is 3.67. The SMILES string of the molecule is O=C(O)CCN(Cc1ccc2c(c1)OCCO2)C1CC1. The Morgan fingerprint density at radius 3 is 2.70 bits per heavy atom. The minimum atomic E-state index is -0.738. The van der Waals surface area contributed by atoms with Crippen LogP contribution in [0.25, 0.3) is 0 Å². The van der Waals surface area contributed by atoms with E-state index in [-0.39, 0.29) is 6.42 Å². The number of aliphatic carboxylic acids is 1. The monoisotopic (exact) mass is 277 g/mol. The van der Waals surface area contributed by atoms with Gasteiger partial charge in [-0.05, 0) is 30.5 Å². The van der Waals surface area contributed by atoms with Crippen molar-refractivity contribution in [3.63, 3.8) is 0 Å². The lowest BCUT2D eigenvalue weighted by Gasteiger charge is -2.23. The normalized spacial score (nSPS) is 17.2. The Morgan fingerprint density at radius 2 is 2.00 bits per heavy atom. The van der Waals surface area contributed by atoms with Gasteiger partial charge in [-0.15, -0.1) is 0 Å². The first kappa shape index (κ1) is 13.2. The molecule has 1 heterocycles. The predicted octanol–water partition coefficient (Wildman–Crippen LogP) is 1.90. The van der Waals surface area contributed by atoms with Crippen LogP contribution in [0.5, 0.6) is 11.5 Å². The molecule has 1 aromatic carbocycles. The predicted molar refractivity (Wildman–Crippen MR) is 73.1 cm³/mol. The van der Waals surface area contributed by atoms with Gasteiger partial charge in [0.2, 0.25) is 0 Å². The first-order valence-corrected chi connectivity index (χ1v) is 7.07. The number of carboxylic acids is 1. The molecular formula is C15H19NO4. The number of nitrogens with zero attached hydrogens (tertiary/aromatic N) is 1. The van der Waals surface area contributed by atoms with Crippen LogP contribution in [0.3, 0.4) is 0 Å². The average molecular weight is 277 g/mol. The Hall–Kier alpha value is -1.75. The van der Waals surface area contributed by atoms with E-state index in [0.717, 1.165) is 23.6 Å². The molecule has 5 nitrogen and oxygen atoms in total. The molecule has 20 heavy (non-hydrogen) atoms. The van der Waals surface area contributed by atoms with Crippen LogP contribution < -0.4 is 9.47 Å². The first-order chi connectivity index (χ1) is 9.72. The van der Waals surface area contributed by atoms with Gasteiger partial charge in [0.05, 0.1) is 6.42 Å². The summed E-state index contributed by atoms with van der Waals surface area (Å²) in [7, 11) is 0. The highest BCUT2D eigenvalue weighted by Crippen LogP contribution is 2.33. The van der Waals surface area contributed by atoms with Gasteiger partial charge in [0.1, 0.15) is 13.2 Å². The molecule has 0 unspecified atom stereocenters. The highest BCUT2D eigenvalue weighted by Gasteiger charge is 2.29. The van der Waals surface area contributed by atoms with E-state index in [1.807, 2.05) is 18.2 Å². The van der Waals surface area contributed by atoms with E-state index >= 15 is 0 Å². The number of carboxylic acid groups (broad SMARTS) is 1. The van der Waals surface area contributed by atoms with E-state index < -0.39 is 5.97 Å². The van der Waals surface area contributed by atoms with Crippen molar-refractivity contribution in [3.8, 4) is 11.5 Å². The fraction of sp³-hybridized carbons (Fsp3) is 0.533. The molecule has 1 saturated carbocycles. The van der Waals surface area contributed by atoms with Crippen LogP contribution in [-0.4, -0.2) is 41.8 Å². The van der Waals surface area contributed by atoms with Crippen molar-refractivity contribution in [3.05, 3.63) is 23.8 Å². The van der Waals surface area contributed by atoms with Crippen LogP contribution in [0.4, 0.5) is 0 Å². The second-order valence-corrected chi connectivity index (χ2v) is 5.32. The molecule has 3 rings (SSSR count). The summed E-state index contributed by atoms with van der Waals surface area (Å²) < 4.78 is 11.1. The van der Waals surface area contributed by atoms with Crippen LogP contribution >= 0.6 is 0 Å². The maximum atomic E-state index is 10.7. The lowest BCUT2D eigenvalue weighted by Crippen LogP contribution is -2.28. The number of rotatable bonds is 6. The molecular weight excluding hydrogens is 258 g/mol. The third-order valence-electron chi connectivity index (χ3n) is 3.67. The summed E-state index contributed by atoms with van der Waals surface area (Å²) in [6.45, 7) is 2.56. The molecule has 5 heteroatoms. The molecule has 0 radical (unpaired) electrons. The molecule has 1 N–H and O–H groups in total.